The van der Waals surface area contributed by atoms with Crippen LogP contribution in [0.3, 0.4) is 0 Å². The molecule has 20 heavy (non-hydrogen) atoms. The van der Waals surface area contributed by atoms with Gasteiger partial charge in [0.05, 0.1) is 12.9 Å². The Hall–Kier alpha value is -1.35. The zero-order chi connectivity index (χ0) is 15.1. The van der Waals surface area contributed by atoms with Gasteiger partial charge in [0.2, 0.25) is 11.0 Å². The van der Waals surface area contributed by atoms with Crippen molar-refractivity contribution < 1.29 is 14.3 Å². The third kappa shape index (κ3) is 4.97. The van der Waals surface area contributed by atoms with Crippen LogP contribution >= 0.6 is 23.1 Å². The van der Waals surface area contributed by atoms with Crippen LogP contribution in [0.2, 0.25) is 0 Å². The van der Waals surface area contributed by atoms with Gasteiger partial charge in [-0.25, -0.2) is 4.79 Å². The van der Waals surface area contributed by atoms with E-state index in [0.717, 1.165) is 6.42 Å². The molecule has 0 saturated carbocycles. The first kappa shape index (κ1) is 16.7. The van der Waals surface area contributed by atoms with E-state index in [4.69, 9.17) is 10.5 Å². The van der Waals surface area contributed by atoms with Crippen LogP contribution in [0, 0.1) is 5.92 Å². The van der Waals surface area contributed by atoms with E-state index < -0.39 is 12.0 Å². The minimum Gasteiger partial charge on any atom is -0.467 e. The number of nitrogen functional groups attached to an aromatic ring is 1. The lowest BCUT2D eigenvalue weighted by atomic mass is 9.99. The molecule has 0 aliphatic rings. The Kier molecular flexibility index (Phi) is 6.73. The smallest absolute Gasteiger partial charge is 0.328 e. The van der Waals surface area contributed by atoms with Crippen molar-refractivity contribution in [3.05, 3.63) is 0 Å². The third-order valence-electron chi connectivity index (χ3n) is 2.73. The standard InChI is InChI=1S/C11H18N4O3S2/c1-4-6(2)8(9(17)18-3)13-7(16)5-19-11-15-14-10(12)20-11/h6,8H,4-5H2,1-3H3,(H2,12,14)(H,13,16)/t6-,8-/m0/s1. The predicted octanol–water partition coefficient (Wildman–Crippen LogP) is 0.916. The van der Waals surface area contributed by atoms with E-state index in [1.807, 2.05) is 13.8 Å². The average Bonchev–Trinajstić information content (AvgIpc) is 2.86. The summed E-state index contributed by atoms with van der Waals surface area (Å²) >= 11 is 2.45. The first-order valence-corrected chi connectivity index (χ1v) is 7.87. The summed E-state index contributed by atoms with van der Waals surface area (Å²) in [5.74, 6) is -0.524. The molecule has 0 bridgehead atoms. The highest BCUT2D eigenvalue weighted by Gasteiger charge is 2.26. The Morgan fingerprint density at radius 3 is 2.70 bits per heavy atom. The fraction of sp³-hybridized carbons (Fsp3) is 0.636. The fourth-order valence-corrected chi connectivity index (χ4v) is 2.86. The van der Waals surface area contributed by atoms with Gasteiger partial charge in [-0.15, -0.1) is 10.2 Å². The Morgan fingerprint density at radius 1 is 1.50 bits per heavy atom. The maximum absolute atomic E-state index is 11.9. The van der Waals surface area contributed by atoms with Gasteiger partial charge in [-0.05, 0) is 5.92 Å². The number of nitrogens with two attached hydrogens (primary N) is 1. The number of esters is 1. The molecule has 1 aromatic heterocycles. The van der Waals surface area contributed by atoms with Gasteiger partial charge in [-0.1, -0.05) is 43.4 Å². The maximum atomic E-state index is 11.9. The average molecular weight is 318 g/mol. The number of hydrogen-bond acceptors (Lipinski definition) is 8. The quantitative estimate of drug-likeness (QED) is 0.568. The van der Waals surface area contributed by atoms with Crippen molar-refractivity contribution in [2.24, 2.45) is 5.92 Å². The van der Waals surface area contributed by atoms with Gasteiger partial charge in [0.15, 0.2) is 4.34 Å². The molecule has 2 atom stereocenters. The van der Waals surface area contributed by atoms with Crippen LogP contribution in [0.5, 0.6) is 0 Å². The molecule has 1 rings (SSSR count). The summed E-state index contributed by atoms with van der Waals surface area (Å²) in [6, 6.07) is -0.627. The van der Waals surface area contributed by atoms with Gasteiger partial charge in [-0.2, -0.15) is 0 Å². The molecule has 1 amide bonds. The lowest BCUT2D eigenvalue weighted by molar-refractivity contribution is -0.146. The summed E-state index contributed by atoms with van der Waals surface area (Å²) in [4.78, 5) is 23.5. The molecule has 0 radical (unpaired) electrons. The number of aromatic nitrogens is 2. The minimum absolute atomic E-state index is 0.00794. The van der Waals surface area contributed by atoms with Gasteiger partial charge in [0.1, 0.15) is 6.04 Å². The summed E-state index contributed by atoms with van der Waals surface area (Å²) in [5.41, 5.74) is 5.45. The topological polar surface area (TPSA) is 107 Å². The Balaban J connectivity index is 2.51. The van der Waals surface area contributed by atoms with Crippen molar-refractivity contribution in [2.75, 3.05) is 18.6 Å². The van der Waals surface area contributed by atoms with Gasteiger partial charge in [0.25, 0.3) is 0 Å². The number of methoxy groups -OCH3 is 1. The van der Waals surface area contributed by atoms with Crippen LogP contribution in [0.1, 0.15) is 20.3 Å². The second kappa shape index (κ2) is 8.05. The van der Waals surface area contributed by atoms with Crippen LogP contribution in [0.15, 0.2) is 4.34 Å². The van der Waals surface area contributed by atoms with Crippen LogP contribution in [0.4, 0.5) is 5.13 Å². The lowest BCUT2D eigenvalue weighted by Gasteiger charge is -2.21. The summed E-state index contributed by atoms with van der Waals surface area (Å²) < 4.78 is 5.33. The first-order valence-electron chi connectivity index (χ1n) is 6.06. The molecule has 0 spiro atoms. The SMILES string of the molecule is CC[C@H](C)[C@H](NC(=O)CSc1nnc(N)s1)C(=O)OC. The second-order valence-electron chi connectivity index (χ2n) is 4.15. The molecule has 3 N–H and O–H groups in total. The summed E-state index contributed by atoms with van der Waals surface area (Å²) in [7, 11) is 1.31. The van der Waals surface area contributed by atoms with Crippen molar-refractivity contribution in [3.63, 3.8) is 0 Å². The Labute approximate surface area is 125 Å². The molecular formula is C11H18N4O3S2. The minimum atomic E-state index is -0.627. The normalized spacial score (nSPS) is 13.6. The summed E-state index contributed by atoms with van der Waals surface area (Å²) in [6.07, 6.45) is 0.764. The number of hydrogen-bond donors (Lipinski definition) is 2. The molecule has 7 nitrogen and oxygen atoms in total. The number of amides is 1. The summed E-state index contributed by atoms with van der Waals surface area (Å²) in [6.45, 7) is 3.84. The highest BCUT2D eigenvalue weighted by molar-refractivity contribution is 8.01. The van der Waals surface area contributed by atoms with E-state index in [2.05, 4.69) is 15.5 Å². The van der Waals surface area contributed by atoms with E-state index >= 15 is 0 Å². The molecular weight excluding hydrogens is 300 g/mol. The molecule has 9 heteroatoms. The number of carbonyl (C=O) groups excluding carboxylic acids is 2. The molecule has 0 aliphatic carbocycles. The molecule has 1 aromatic rings. The van der Waals surface area contributed by atoms with Crippen molar-refractivity contribution >= 4 is 40.1 Å². The second-order valence-corrected chi connectivity index (χ2v) is 6.38. The van der Waals surface area contributed by atoms with E-state index in [-0.39, 0.29) is 17.6 Å². The molecule has 112 valence electrons. The fourth-order valence-electron chi connectivity index (χ4n) is 1.42. The van der Waals surface area contributed by atoms with Crippen LogP contribution in [-0.2, 0) is 14.3 Å². The van der Waals surface area contributed by atoms with Crippen LogP contribution in [0.25, 0.3) is 0 Å². The van der Waals surface area contributed by atoms with Gasteiger partial charge < -0.3 is 15.8 Å². The largest absolute Gasteiger partial charge is 0.467 e. The maximum Gasteiger partial charge on any atom is 0.328 e. The highest BCUT2D eigenvalue weighted by Crippen LogP contribution is 2.23. The monoisotopic (exact) mass is 318 g/mol. The van der Waals surface area contributed by atoms with Crippen molar-refractivity contribution in [2.45, 2.75) is 30.6 Å². The van der Waals surface area contributed by atoms with Crippen molar-refractivity contribution in [1.82, 2.24) is 15.5 Å². The van der Waals surface area contributed by atoms with E-state index in [1.54, 1.807) is 0 Å². The number of carbonyl (C=O) groups is 2. The van der Waals surface area contributed by atoms with Crippen molar-refractivity contribution in [1.29, 1.82) is 0 Å². The molecule has 0 aliphatic heterocycles. The van der Waals surface area contributed by atoms with E-state index in [9.17, 15) is 9.59 Å². The molecule has 1 heterocycles. The third-order valence-corrected chi connectivity index (χ3v) is 4.62. The first-order chi connectivity index (χ1) is 9.47. The number of ether oxygens (including phenoxy) is 1. The molecule has 0 saturated heterocycles. The van der Waals surface area contributed by atoms with Crippen LogP contribution < -0.4 is 11.1 Å². The zero-order valence-corrected chi connectivity index (χ0v) is 13.2. The number of nitrogens with one attached hydrogen (secondary N) is 1. The zero-order valence-electron chi connectivity index (χ0n) is 11.6. The lowest BCUT2D eigenvalue weighted by Crippen LogP contribution is -2.46. The van der Waals surface area contributed by atoms with E-state index in [1.165, 1.54) is 30.2 Å². The van der Waals surface area contributed by atoms with Crippen LogP contribution in [-0.4, -0.2) is 41.0 Å². The highest BCUT2D eigenvalue weighted by atomic mass is 32.2. The van der Waals surface area contributed by atoms with E-state index in [0.29, 0.717) is 9.47 Å². The summed E-state index contributed by atoms with van der Waals surface area (Å²) in [5, 5.41) is 10.5. The Bertz CT molecular complexity index is 466. The number of thioether (sulfide) groups is 1. The molecule has 0 unspecified atom stereocenters. The number of nitrogens with zero attached hydrogens (tertiary/aromatic N) is 2. The predicted molar refractivity (Wildman–Crippen MR) is 78.4 cm³/mol. The number of rotatable bonds is 7. The van der Waals surface area contributed by atoms with Crippen molar-refractivity contribution in [3.8, 4) is 0 Å². The van der Waals surface area contributed by atoms with Gasteiger partial charge in [0, 0.05) is 0 Å². The Morgan fingerprint density at radius 2 is 2.20 bits per heavy atom. The molecule has 0 aromatic carbocycles. The van der Waals surface area contributed by atoms with Gasteiger partial charge >= 0.3 is 5.97 Å². The van der Waals surface area contributed by atoms with Gasteiger partial charge in [-0.3, -0.25) is 4.79 Å². The molecule has 0 fully saturated rings. The number of anilines is 1.